The number of rotatable bonds is 3. The molecule has 0 bridgehead atoms. The second kappa shape index (κ2) is 5.55. The predicted octanol–water partition coefficient (Wildman–Crippen LogP) is 3.70. The highest BCUT2D eigenvalue weighted by molar-refractivity contribution is 5.89. The minimum absolute atomic E-state index is 0.104. The van der Waals surface area contributed by atoms with Gasteiger partial charge >= 0.3 is 12.1 Å². The normalized spacial score (nSPS) is 11.4. The molecule has 0 amide bonds. The van der Waals surface area contributed by atoms with E-state index in [0.29, 0.717) is 16.8 Å². The van der Waals surface area contributed by atoms with Gasteiger partial charge in [0.25, 0.3) is 0 Å². The number of carbonyl (C=O) groups is 1. The second-order valence-corrected chi connectivity index (χ2v) is 4.61. The fraction of sp³-hybridized carbons (Fsp3) is 0.200. The zero-order chi connectivity index (χ0) is 15.6. The lowest BCUT2D eigenvalue weighted by Gasteiger charge is -2.10. The summed E-state index contributed by atoms with van der Waals surface area (Å²) in [4.78, 5) is 15.1. The first-order valence-electron chi connectivity index (χ1n) is 6.13. The number of aromatic nitrogens is 1. The van der Waals surface area contributed by atoms with Crippen molar-refractivity contribution in [1.82, 2.24) is 4.98 Å². The van der Waals surface area contributed by atoms with Crippen molar-refractivity contribution in [2.24, 2.45) is 0 Å². The van der Waals surface area contributed by atoms with Crippen molar-refractivity contribution in [1.29, 1.82) is 0 Å². The predicted molar refractivity (Wildman–Crippen MR) is 70.2 cm³/mol. The summed E-state index contributed by atoms with van der Waals surface area (Å²) in [6.07, 6.45) is -2.91. The van der Waals surface area contributed by atoms with Gasteiger partial charge in [-0.3, -0.25) is 4.98 Å². The Morgan fingerprint density at radius 1 is 1.29 bits per heavy atom. The molecule has 3 nitrogen and oxygen atoms in total. The molecule has 0 atom stereocenters. The highest BCUT2D eigenvalue weighted by Gasteiger charge is 2.30. The molecule has 21 heavy (non-hydrogen) atoms. The van der Waals surface area contributed by atoms with E-state index in [1.54, 1.807) is 13.0 Å². The SMILES string of the molecule is Cc1c(C(=O)O)ccnc1Cc1cccc(C(F)(F)F)c1. The smallest absolute Gasteiger partial charge is 0.416 e. The molecule has 0 saturated carbocycles. The summed E-state index contributed by atoms with van der Waals surface area (Å²) in [6, 6.07) is 6.30. The van der Waals surface area contributed by atoms with Gasteiger partial charge in [-0.05, 0) is 30.2 Å². The van der Waals surface area contributed by atoms with Gasteiger partial charge in [0.15, 0.2) is 0 Å². The van der Waals surface area contributed by atoms with Gasteiger partial charge in [0, 0.05) is 18.3 Å². The minimum atomic E-state index is -4.40. The Kier molecular flexibility index (Phi) is 3.97. The number of carboxylic acid groups (broad SMARTS) is 1. The molecule has 1 heterocycles. The van der Waals surface area contributed by atoms with E-state index in [2.05, 4.69) is 4.98 Å². The first-order chi connectivity index (χ1) is 9.79. The molecule has 110 valence electrons. The lowest BCUT2D eigenvalue weighted by Crippen LogP contribution is -2.07. The Morgan fingerprint density at radius 3 is 2.62 bits per heavy atom. The van der Waals surface area contributed by atoms with Gasteiger partial charge in [-0.25, -0.2) is 4.79 Å². The molecule has 0 aliphatic rings. The third-order valence-electron chi connectivity index (χ3n) is 3.16. The number of halogens is 3. The van der Waals surface area contributed by atoms with Gasteiger partial charge in [0.05, 0.1) is 11.1 Å². The molecule has 2 rings (SSSR count). The minimum Gasteiger partial charge on any atom is -0.478 e. The topological polar surface area (TPSA) is 50.2 Å². The zero-order valence-electron chi connectivity index (χ0n) is 11.1. The molecule has 6 heteroatoms. The molecule has 1 aromatic heterocycles. The number of hydrogen-bond donors (Lipinski definition) is 1. The molecular weight excluding hydrogens is 283 g/mol. The van der Waals surface area contributed by atoms with Gasteiger partial charge < -0.3 is 5.11 Å². The third kappa shape index (κ3) is 3.39. The van der Waals surface area contributed by atoms with E-state index < -0.39 is 17.7 Å². The molecule has 0 saturated heterocycles. The zero-order valence-corrected chi connectivity index (χ0v) is 11.1. The van der Waals surface area contributed by atoms with Crippen molar-refractivity contribution in [3.05, 3.63) is 64.5 Å². The van der Waals surface area contributed by atoms with Crippen molar-refractivity contribution in [3.8, 4) is 0 Å². The van der Waals surface area contributed by atoms with Crippen molar-refractivity contribution < 1.29 is 23.1 Å². The van der Waals surface area contributed by atoms with Crippen molar-refractivity contribution in [2.45, 2.75) is 19.5 Å². The van der Waals surface area contributed by atoms with Crippen molar-refractivity contribution in [2.75, 3.05) is 0 Å². The summed E-state index contributed by atoms with van der Waals surface area (Å²) in [7, 11) is 0. The summed E-state index contributed by atoms with van der Waals surface area (Å²) >= 11 is 0. The molecule has 2 aromatic rings. The Hall–Kier alpha value is -2.37. The molecule has 0 unspecified atom stereocenters. The second-order valence-electron chi connectivity index (χ2n) is 4.61. The maximum atomic E-state index is 12.7. The summed E-state index contributed by atoms with van der Waals surface area (Å²) in [5.41, 5.74) is 0.721. The summed E-state index contributed by atoms with van der Waals surface area (Å²) in [5, 5.41) is 9.03. The number of nitrogens with zero attached hydrogens (tertiary/aromatic N) is 1. The van der Waals surface area contributed by atoms with Gasteiger partial charge in [-0.1, -0.05) is 18.2 Å². The van der Waals surface area contributed by atoms with Crippen LogP contribution in [0.5, 0.6) is 0 Å². The summed E-state index contributed by atoms with van der Waals surface area (Å²) in [5.74, 6) is -1.08. The fourth-order valence-electron chi connectivity index (χ4n) is 2.04. The number of alkyl halides is 3. The molecular formula is C15H12F3NO2. The van der Waals surface area contributed by atoms with Crippen LogP contribution in [-0.2, 0) is 12.6 Å². The van der Waals surface area contributed by atoms with Crippen LogP contribution in [0.2, 0.25) is 0 Å². The van der Waals surface area contributed by atoms with Crippen molar-refractivity contribution >= 4 is 5.97 Å². The van der Waals surface area contributed by atoms with Crippen LogP contribution in [0.3, 0.4) is 0 Å². The Labute approximate surface area is 119 Å². The van der Waals surface area contributed by atoms with Crippen LogP contribution in [0.4, 0.5) is 13.2 Å². The third-order valence-corrected chi connectivity index (χ3v) is 3.16. The quantitative estimate of drug-likeness (QED) is 0.939. The number of aromatic carboxylic acids is 1. The number of carboxylic acids is 1. The first-order valence-corrected chi connectivity index (χ1v) is 6.13. The number of hydrogen-bond acceptors (Lipinski definition) is 2. The van der Waals surface area contributed by atoms with Crippen LogP contribution in [-0.4, -0.2) is 16.1 Å². The van der Waals surface area contributed by atoms with E-state index >= 15 is 0 Å². The van der Waals surface area contributed by atoms with E-state index in [-0.39, 0.29) is 12.0 Å². The first kappa shape index (κ1) is 15.0. The fourth-order valence-corrected chi connectivity index (χ4v) is 2.04. The standard InChI is InChI=1S/C15H12F3NO2/c1-9-12(14(20)21)5-6-19-13(9)8-10-3-2-4-11(7-10)15(16,17)18/h2-7H,8H2,1H3,(H,20,21). The van der Waals surface area contributed by atoms with Crippen LogP contribution < -0.4 is 0 Å². The average Bonchev–Trinajstić information content (AvgIpc) is 2.40. The Balaban J connectivity index is 2.35. The lowest BCUT2D eigenvalue weighted by atomic mass is 10.0. The monoisotopic (exact) mass is 295 g/mol. The maximum absolute atomic E-state index is 12.7. The molecule has 0 radical (unpaired) electrons. The Bertz CT molecular complexity index is 681. The van der Waals surface area contributed by atoms with Crippen LogP contribution in [0.1, 0.15) is 32.7 Å². The molecule has 0 fully saturated rings. The van der Waals surface area contributed by atoms with Crippen LogP contribution in [0.25, 0.3) is 0 Å². The van der Waals surface area contributed by atoms with Gasteiger partial charge in [0.1, 0.15) is 0 Å². The van der Waals surface area contributed by atoms with Gasteiger partial charge in [-0.2, -0.15) is 13.2 Å². The van der Waals surface area contributed by atoms with E-state index in [9.17, 15) is 18.0 Å². The summed E-state index contributed by atoms with van der Waals surface area (Å²) in [6.45, 7) is 1.60. The molecule has 0 aliphatic carbocycles. The highest BCUT2D eigenvalue weighted by atomic mass is 19.4. The van der Waals surface area contributed by atoms with E-state index in [0.717, 1.165) is 12.1 Å². The van der Waals surface area contributed by atoms with Gasteiger partial charge in [-0.15, -0.1) is 0 Å². The largest absolute Gasteiger partial charge is 0.478 e. The molecule has 1 aromatic carbocycles. The molecule has 0 spiro atoms. The van der Waals surface area contributed by atoms with Crippen LogP contribution >= 0.6 is 0 Å². The van der Waals surface area contributed by atoms with Crippen LogP contribution in [0.15, 0.2) is 36.5 Å². The van der Waals surface area contributed by atoms with Gasteiger partial charge in [0.2, 0.25) is 0 Å². The number of benzene rings is 1. The summed E-state index contributed by atoms with van der Waals surface area (Å²) < 4.78 is 38.0. The van der Waals surface area contributed by atoms with E-state index in [4.69, 9.17) is 5.11 Å². The van der Waals surface area contributed by atoms with E-state index in [1.807, 2.05) is 0 Å². The highest BCUT2D eigenvalue weighted by Crippen LogP contribution is 2.30. The molecule has 0 aliphatic heterocycles. The van der Waals surface area contributed by atoms with E-state index in [1.165, 1.54) is 18.3 Å². The van der Waals surface area contributed by atoms with Crippen molar-refractivity contribution in [3.63, 3.8) is 0 Å². The lowest BCUT2D eigenvalue weighted by molar-refractivity contribution is -0.137. The Morgan fingerprint density at radius 2 is 2.00 bits per heavy atom. The molecule has 1 N–H and O–H groups in total. The van der Waals surface area contributed by atoms with Crippen LogP contribution in [0, 0.1) is 6.92 Å². The maximum Gasteiger partial charge on any atom is 0.416 e. The average molecular weight is 295 g/mol. The number of pyridine rings is 1.